The van der Waals surface area contributed by atoms with E-state index in [1.807, 2.05) is 61.5 Å². The molecule has 0 spiro atoms. The summed E-state index contributed by atoms with van der Waals surface area (Å²) in [5.41, 5.74) is 2.10. The monoisotopic (exact) mass is 464 g/mol. The lowest BCUT2D eigenvalue weighted by Gasteiger charge is -2.31. The van der Waals surface area contributed by atoms with Crippen molar-refractivity contribution in [2.75, 3.05) is 13.2 Å². The summed E-state index contributed by atoms with van der Waals surface area (Å²) in [6.45, 7) is 8.57. The van der Waals surface area contributed by atoms with Gasteiger partial charge in [0, 0.05) is 12.6 Å². The van der Waals surface area contributed by atoms with Crippen molar-refractivity contribution in [2.45, 2.75) is 83.7 Å². The number of benzene rings is 2. The Morgan fingerprint density at radius 2 is 1.65 bits per heavy atom. The smallest absolute Gasteiger partial charge is 0.261 e. The van der Waals surface area contributed by atoms with Crippen LogP contribution in [0.2, 0.25) is 0 Å². The van der Waals surface area contributed by atoms with E-state index in [4.69, 9.17) is 4.74 Å². The van der Waals surface area contributed by atoms with Gasteiger partial charge in [-0.3, -0.25) is 9.59 Å². The molecule has 1 N–H and O–H groups in total. The van der Waals surface area contributed by atoms with E-state index < -0.39 is 6.04 Å². The molecular formula is C29H40N2O3. The largest absolute Gasteiger partial charge is 0.483 e. The Kier molecular flexibility index (Phi) is 9.14. The summed E-state index contributed by atoms with van der Waals surface area (Å²) in [7, 11) is 0. The van der Waals surface area contributed by atoms with E-state index in [1.165, 1.54) is 6.42 Å². The number of rotatable bonds is 9. The first kappa shape index (κ1) is 25.8. The molecule has 0 saturated heterocycles. The van der Waals surface area contributed by atoms with Crippen LogP contribution in [0.15, 0.2) is 54.6 Å². The summed E-state index contributed by atoms with van der Waals surface area (Å²) in [5, 5.41) is 3.18. The van der Waals surface area contributed by atoms with Crippen LogP contribution in [0.1, 0.15) is 70.9 Å². The van der Waals surface area contributed by atoms with Gasteiger partial charge in [-0.25, -0.2) is 0 Å². The predicted molar refractivity (Wildman–Crippen MR) is 137 cm³/mol. The van der Waals surface area contributed by atoms with Crippen molar-refractivity contribution in [2.24, 2.45) is 0 Å². The van der Waals surface area contributed by atoms with Crippen molar-refractivity contribution in [3.8, 4) is 5.75 Å². The third-order valence-electron chi connectivity index (χ3n) is 6.65. The minimum absolute atomic E-state index is 0.0802. The number of hydrogen-bond acceptors (Lipinski definition) is 3. The van der Waals surface area contributed by atoms with Gasteiger partial charge in [-0.05, 0) is 48.8 Å². The summed E-state index contributed by atoms with van der Waals surface area (Å²) in [6.07, 6.45) is 6.25. The molecule has 5 heteroatoms. The molecule has 2 aromatic rings. The predicted octanol–water partition coefficient (Wildman–Crippen LogP) is 5.27. The molecule has 0 aromatic heterocycles. The van der Waals surface area contributed by atoms with Gasteiger partial charge in [-0.2, -0.15) is 0 Å². The van der Waals surface area contributed by atoms with Crippen LogP contribution >= 0.6 is 0 Å². The maximum atomic E-state index is 13.4. The quantitative estimate of drug-likeness (QED) is 0.550. The zero-order valence-corrected chi connectivity index (χ0v) is 21.2. The van der Waals surface area contributed by atoms with E-state index in [1.54, 1.807) is 4.90 Å². The fourth-order valence-corrected chi connectivity index (χ4v) is 4.57. The molecule has 184 valence electrons. The van der Waals surface area contributed by atoms with Gasteiger partial charge in [0.05, 0.1) is 0 Å². The van der Waals surface area contributed by atoms with Crippen molar-refractivity contribution in [1.82, 2.24) is 10.2 Å². The lowest BCUT2D eigenvalue weighted by molar-refractivity contribution is -0.141. The molecule has 2 amide bonds. The molecule has 1 atom stereocenters. The Morgan fingerprint density at radius 1 is 1.00 bits per heavy atom. The topological polar surface area (TPSA) is 58.6 Å². The van der Waals surface area contributed by atoms with Gasteiger partial charge < -0.3 is 15.0 Å². The molecule has 0 unspecified atom stereocenters. The number of amides is 2. The van der Waals surface area contributed by atoms with Crippen molar-refractivity contribution in [3.63, 3.8) is 0 Å². The zero-order valence-electron chi connectivity index (χ0n) is 21.2. The Balaban J connectivity index is 1.70. The summed E-state index contributed by atoms with van der Waals surface area (Å²) >= 11 is 0. The molecule has 34 heavy (non-hydrogen) atoms. The number of nitrogens with one attached hydrogen (secondary N) is 1. The molecule has 1 aliphatic carbocycles. The molecule has 1 saturated carbocycles. The second-order valence-corrected chi connectivity index (χ2v) is 10.4. The average Bonchev–Trinajstić information content (AvgIpc) is 2.83. The highest BCUT2D eigenvalue weighted by atomic mass is 16.5. The van der Waals surface area contributed by atoms with Crippen molar-refractivity contribution in [3.05, 3.63) is 65.7 Å². The molecule has 0 radical (unpaired) electrons. The maximum absolute atomic E-state index is 13.4. The van der Waals surface area contributed by atoms with Gasteiger partial charge >= 0.3 is 0 Å². The van der Waals surface area contributed by atoms with Crippen LogP contribution < -0.4 is 10.1 Å². The van der Waals surface area contributed by atoms with Crippen LogP contribution in [-0.2, 0) is 21.4 Å². The highest BCUT2D eigenvalue weighted by Crippen LogP contribution is 2.31. The van der Waals surface area contributed by atoms with Gasteiger partial charge in [-0.15, -0.1) is 0 Å². The first-order valence-corrected chi connectivity index (χ1v) is 12.6. The van der Waals surface area contributed by atoms with E-state index in [2.05, 4.69) is 26.1 Å². The number of carbonyl (C=O) groups excluding carboxylic acids is 2. The Labute approximate surface area is 204 Å². The fraction of sp³-hybridized carbons (Fsp3) is 0.517. The first-order chi connectivity index (χ1) is 16.3. The van der Waals surface area contributed by atoms with Crippen LogP contribution in [0, 0.1) is 0 Å². The van der Waals surface area contributed by atoms with E-state index in [0.29, 0.717) is 18.7 Å². The number of carbonyl (C=O) groups is 2. The summed E-state index contributed by atoms with van der Waals surface area (Å²) in [4.78, 5) is 28.1. The normalized spacial score (nSPS) is 15.4. The fourth-order valence-electron chi connectivity index (χ4n) is 4.57. The highest BCUT2D eigenvalue weighted by molar-refractivity contribution is 5.88. The Morgan fingerprint density at radius 3 is 2.32 bits per heavy atom. The van der Waals surface area contributed by atoms with Crippen molar-refractivity contribution in [1.29, 1.82) is 0 Å². The van der Waals surface area contributed by atoms with Gasteiger partial charge in [0.2, 0.25) is 5.91 Å². The van der Waals surface area contributed by atoms with E-state index in [-0.39, 0.29) is 29.9 Å². The van der Waals surface area contributed by atoms with Crippen molar-refractivity contribution >= 4 is 11.8 Å². The van der Waals surface area contributed by atoms with Crippen LogP contribution in [0.25, 0.3) is 0 Å². The van der Waals surface area contributed by atoms with Crippen LogP contribution in [-0.4, -0.2) is 41.9 Å². The molecule has 1 fully saturated rings. The van der Waals surface area contributed by atoms with Gasteiger partial charge in [-0.1, -0.05) is 88.6 Å². The summed E-state index contributed by atoms with van der Waals surface area (Å²) < 4.78 is 6.02. The minimum Gasteiger partial charge on any atom is -0.483 e. The van der Waals surface area contributed by atoms with Crippen molar-refractivity contribution < 1.29 is 14.3 Å². The van der Waals surface area contributed by atoms with Gasteiger partial charge in [0.1, 0.15) is 11.8 Å². The van der Waals surface area contributed by atoms with Gasteiger partial charge in [0.15, 0.2) is 6.61 Å². The molecule has 0 bridgehead atoms. The average molecular weight is 465 g/mol. The van der Waals surface area contributed by atoms with E-state index in [0.717, 1.165) is 36.8 Å². The number of nitrogens with zero attached hydrogens (tertiary/aromatic N) is 1. The summed E-state index contributed by atoms with van der Waals surface area (Å²) in [5.74, 6) is 0.458. The third kappa shape index (κ3) is 7.34. The first-order valence-electron chi connectivity index (χ1n) is 12.6. The SMILES string of the molecule is C[C@H](C(=O)NC1CCCCC1)N(CCc1ccccc1)C(=O)COc1ccccc1C(C)(C)C. The molecule has 3 rings (SSSR count). The number of para-hydroxylation sites is 1. The summed E-state index contributed by atoms with van der Waals surface area (Å²) in [6, 6.07) is 17.6. The molecule has 0 aliphatic heterocycles. The molecule has 2 aromatic carbocycles. The lowest BCUT2D eigenvalue weighted by Crippen LogP contribution is -2.52. The zero-order chi connectivity index (χ0) is 24.6. The third-order valence-corrected chi connectivity index (χ3v) is 6.65. The van der Waals surface area contributed by atoms with Crippen LogP contribution in [0.5, 0.6) is 5.75 Å². The minimum atomic E-state index is -0.556. The lowest BCUT2D eigenvalue weighted by atomic mass is 9.86. The second-order valence-electron chi connectivity index (χ2n) is 10.4. The van der Waals surface area contributed by atoms with Crippen LogP contribution in [0.3, 0.4) is 0 Å². The maximum Gasteiger partial charge on any atom is 0.261 e. The second kappa shape index (κ2) is 12.0. The van der Waals surface area contributed by atoms with Gasteiger partial charge in [0.25, 0.3) is 5.91 Å². The van der Waals surface area contributed by atoms with E-state index >= 15 is 0 Å². The number of ether oxygens (including phenoxy) is 1. The van der Waals surface area contributed by atoms with E-state index in [9.17, 15) is 9.59 Å². The standard InChI is InChI=1S/C29H40N2O3/c1-22(28(33)30-24-15-9-6-10-16-24)31(20-19-23-13-7-5-8-14-23)27(32)21-34-26-18-12-11-17-25(26)29(2,3)4/h5,7-8,11-14,17-18,22,24H,6,9-10,15-16,19-21H2,1-4H3,(H,30,33)/t22-/m1/s1. The molecule has 0 heterocycles. The number of hydrogen-bond donors (Lipinski definition) is 1. The Bertz CT molecular complexity index is 930. The molecule has 1 aliphatic rings. The molecule has 5 nitrogen and oxygen atoms in total. The molecular weight excluding hydrogens is 424 g/mol. The van der Waals surface area contributed by atoms with Crippen LogP contribution in [0.4, 0.5) is 0 Å². The Hall–Kier alpha value is -2.82. The highest BCUT2D eigenvalue weighted by Gasteiger charge is 2.28.